The normalized spacial score (nSPS) is 18.7. The topological polar surface area (TPSA) is 192 Å². The van der Waals surface area contributed by atoms with Gasteiger partial charge in [0.15, 0.2) is 5.78 Å². The van der Waals surface area contributed by atoms with E-state index in [-0.39, 0.29) is 73.6 Å². The van der Waals surface area contributed by atoms with Gasteiger partial charge in [0.05, 0.1) is 29.4 Å². The first-order chi connectivity index (χ1) is 30.9. The second-order valence-electron chi connectivity index (χ2n) is 17.3. The second-order valence-corrected chi connectivity index (χ2v) is 17.3. The maximum Gasteiger partial charge on any atom is 0.329 e. The third kappa shape index (κ3) is 8.99. The molecule has 0 radical (unpaired) electrons. The summed E-state index contributed by atoms with van der Waals surface area (Å²) in [5.74, 6) is -2.20. The Labute approximate surface area is 371 Å². The smallest absolute Gasteiger partial charge is 0.329 e. The van der Waals surface area contributed by atoms with Gasteiger partial charge in [0.25, 0.3) is 0 Å². The summed E-state index contributed by atoms with van der Waals surface area (Å²) >= 11 is 0. The third-order valence-electron chi connectivity index (χ3n) is 13.1. The number of primary amides is 1. The average Bonchev–Trinajstić information content (AvgIpc) is 3.76. The monoisotopic (exact) mass is 866 g/mol. The summed E-state index contributed by atoms with van der Waals surface area (Å²) in [5.41, 5.74) is 12.0. The number of piperidine rings is 1. The zero-order chi connectivity index (χ0) is 45.1. The Kier molecular flexibility index (Phi) is 12.9. The van der Waals surface area contributed by atoms with Crippen molar-refractivity contribution in [1.29, 1.82) is 0 Å². The molecular formula is C50H54N6O8. The maximum atomic E-state index is 14.4. The summed E-state index contributed by atoms with van der Waals surface area (Å²) in [4.78, 5) is 93.8. The number of benzene rings is 4. The first kappa shape index (κ1) is 43.8. The molecule has 1 fully saturated rings. The highest BCUT2D eigenvalue weighted by molar-refractivity contribution is 6.06. The van der Waals surface area contributed by atoms with Gasteiger partial charge in [0, 0.05) is 50.1 Å². The van der Waals surface area contributed by atoms with Crippen molar-refractivity contribution in [2.24, 2.45) is 18.7 Å². The first-order valence-electron chi connectivity index (χ1n) is 22.2. The number of Topliss-reactive ketones (excluding diaryl/α,β-unsaturated/α-hetero) is 1. The van der Waals surface area contributed by atoms with Crippen LogP contribution in [0.5, 0.6) is 5.75 Å². The number of ketones is 1. The third-order valence-corrected chi connectivity index (χ3v) is 13.1. The SMILES string of the molecule is C[C@H]1CCc2c(OCCCCc3ccc4c(c3)n(C)c(=O)n4C3CCC(=O)NC3=O)ccc3c2N(C1=O)[C@H](C(=O)N[C@@H](CCC(N)=O)C(=O)CC(c1ccccc1)c1ccccc1)C3. The molecule has 0 bridgehead atoms. The summed E-state index contributed by atoms with van der Waals surface area (Å²) in [7, 11) is 1.68. The number of carbonyl (C=O) groups is 6. The van der Waals surface area contributed by atoms with Crippen molar-refractivity contribution in [3.05, 3.63) is 129 Å². The van der Waals surface area contributed by atoms with E-state index in [0.29, 0.717) is 41.9 Å². The van der Waals surface area contributed by atoms with Crippen LogP contribution in [0.15, 0.2) is 95.8 Å². The van der Waals surface area contributed by atoms with Crippen LogP contribution in [0.4, 0.5) is 5.69 Å². The number of aromatic nitrogens is 2. The number of aryl methyl sites for hydroxylation is 2. The highest BCUT2D eigenvalue weighted by Gasteiger charge is 2.44. The van der Waals surface area contributed by atoms with Gasteiger partial charge in [-0.25, -0.2) is 4.79 Å². The van der Waals surface area contributed by atoms with Gasteiger partial charge < -0.3 is 15.8 Å². The van der Waals surface area contributed by atoms with Crippen LogP contribution in [-0.2, 0) is 55.1 Å². The molecule has 4 aromatic carbocycles. The summed E-state index contributed by atoms with van der Waals surface area (Å²) in [6, 6.07) is 26.4. The van der Waals surface area contributed by atoms with Crippen LogP contribution in [0.1, 0.15) is 98.1 Å². The van der Waals surface area contributed by atoms with Crippen molar-refractivity contribution in [2.45, 2.75) is 102 Å². The lowest BCUT2D eigenvalue weighted by molar-refractivity contribution is -0.136. The van der Waals surface area contributed by atoms with Gasteiger partial charge in [-0.15, -0.1) is 0 Å². The molecule has 1 unspecified atom stereocenters. The Morgan fingerprint density at radius 1 is 0.875 bits per heavy atom. The zero-order valence-electron chi connectivity index (χ0n) is 36.2. The van der Waals surface area contributed by atoms with E-state index in [4.69, 9.17) is 10.5 Å². The van der Waals surface area contributed by atoms with Gasteiger partial charge in [-0.1, -0.05) is 79.7 Å². The molecule has 4 N–H and O–H groups in total. The molecule has 0 aliphatic carbocycles. The lowest BCUT2D eigenvalue weighted by Crippen LogP contribution is -2.53. The molecule has 5 aromatic rings. The molecule has 1 aromatic heterocycles. The van der Waals surface area contributed by atoms with Gasteiger partial charge in [-0.3, -0.25) is 48.1 Å². The molecule has 14 nitrogen and oxygen atoms in total. The Hall–Kier alpha value is -6.83. The minimum absolute atomic E-state index is 0.0375. The number of ether oxygens (including phenoxy) is 1. The quantitative estimate of drug-likeness (QED) is 0.0850. The summed E-state index contributed by atoms with van der Waals surface area (Å²) in [5, 5.41) is 5.31. The molecule has 4 atom stereocenters. The minimum atomic E-state index is -0.996. The van der Waals surface area contributed by atoms with Crippen molar-refractivity contribution >= 4 is 52.0 Å². The van der Waals surface area contributed by atoms with Crippen molar-refractivity contribution < 1.29 is 33.5 Å². The number of nitrogens with one attached hydrogen (secondary N) is 2. The number of hydrogen-bond acceptors (Lipinski definition) is 8. The van der Waals surface area contributed by atoms with E-state index >= 15 is 0 Å². The Morgan fingerprint density at radius 2 is 1.59 bits per heavy atom. The highest BCUT2D eigenvalue weighted by atomic mass is 16.5. The van der Waals surface area contributed by atoms with E-state index in [1.165, 1.54) is 9.13 Å². The number of imidazole rings is 1. The summed E-state index contributed by atoms with van der Waals surface area (Å²) in [6.07, 6.45) is 4.17. The molecule has 8 rings (SSSR count). The molecular weight excluding hydrogens is 813 g/mol. The fourth-order valence-electron chi connectivity index (χ4n) is 9.58. The zero-order valence-corrected chi connectivity index (χ0v) is 36.2. The van der Waals surface area contributed by atoms with Gasteiger partial charge in [-0.2, -0.15) is 0 Å². The van der Waals surface area contributed by atoms with Crippen LogP contribution in [0, 0.1) is 5.92 Å². The molecule has 3 aliphatic rings. The number of nitrogens with two attached hydrogens (primary N) is 1. The standard InChI is InChI=1S/C50H54N6O8/c1-30-16-19-35-43(64-26-10-9-11-31-17-21-38-40(27-31)54(2)50(63)55(38)39-22-25-45(59)53-47(39)60)23-18-34-28-41(56(46(34)35)49(30)62)48(61)52-37(20-24-44(51)58)42(57)29-36(32-12-5-3-6-13-32)33-14-7-4-8-15-33/h3-8,12-15,17-18,21,23,27,30,36-37,39,41H,9-11,16,19-20,22,24-26,28-29H2,1-2H3,(H2,51,58)(H,52,61)(H,53,59,60)/t30-,37-,39?,41-/m0/s1. The summed E-state index contributed by atoms with van der Waals surface area (Å²) in [6.45, 7) is 2.29. The van der Waals surface area contributed by atoms with Crippen molar-refractivity contribution in [3.8, 4) is 5.75 Å². The molecule has 0 spiro atoms. The van der Waals surface area contributed by atoms with Crippen molar-refractivity contribution in [1.82, 2.24) is 19.8 Å². The minimum Gasteiger partial charge on any atom is -0.493 e. The molecule has 14 heteroatoms. The van der Waals surface area contributed by atoms with Crippen LogP contribution in [-0.4, -0.2) is 63.1 Å². The fraction of sp³-hybridized carbons (Fsp3) is 0.380. The van der Waals surface area contributed by atoms with Crippen molar-refractivity contribution in [2.75, 3.05) is 11.5 Å². The van der Waals surface area contributed by atoms with E-state index in [1.54, 1.807) is 11.9 Å². The largest absolute Gasteiger partial charge is 0.493 e. The van der Waals surface area contributed by atoms with Gasteiger partial charge in [0.2, 0.25) is 29.5 Å². The first-order valence-corrected chi connectivity index (χ1v) is 22.2. The molecule has 64 heavy (non-hydrogen) atoms. The van der Waals surface area contributed by atoms with Crippen LogP contribution >= 0.6 is 0 Å². The van der Waals surface area contributed by atoms with E-state index < -0.39 is 35.8 Å². The Bertz CT molecular complexity index is 2630. The van der Waals surface area contributed by atoms with Crippen molar-refractivity contribution in [3.63, 3.8) is 0 Å². The predicted molar refractivity (Wildman–Crippen MR) is 241 cm³/mol. The van der Waals surface area contributed by atoms with Gasteiger partial charge in [0.1, 0.15) is 17.8 Å². The van der Waals surface area contributed by atoms with E-state index in [2.05, 4.69) is 10.6 Å². The second kappa shape index (κ2) is 18.9. The van der Waals surface area contributed by atoms with Crippen LogP contribution in [0.25, 0.3) is 11.0 Å². The number of unbranched alkanes of at least 4 members (excludes halogenated alkanes) is 1. The lowest BCUT2D eigenvalue weighted by atomic mass is 9.85. The van der Waals surface area contributed by atoms with E-state index in [1.807, 2.05) is 97.9 Å². The number of amides is 5. The van der Waals surface area contributed by atoms with Gasteiger partial charge in [-0.05, 0) is 85.4 Å². The molecule has 4 heterocycles. The number of anilines is 1. The molecule has 1 saturated heterocycles. The van der Waals surface area contributed by atoms with Crippen LogP contribution < -0.4 is 31.7 Å². The maximum absolute atomic E-state index is 14.4. The van der Waals surface area contributed by atoms with Gasteiger partial charge >= 0.3 is 5.69 Å². The van der Waals surface area contributed by atoms with E-state index in [0.717, 1.165) is 47.1 Å². The number of imide groups is 1. The Balaban J connectivity index is 0.940. The average molecular weight is 867 g/mol. The predicted octanol–water partition coefficient (Wildman–Crippen LogP) is 5.10. The fourth-order valence-corrected chi connectivity index (χ4v) is 9.58. The van der Waals surface area contributed by atoms with E-state index in [9.17, 15) is 33.6 Å². The molecule has 3 aliphatic heterocycles. The molecule has 0 saturated carbocycles. The Morgan fingerprint density at radius 3 is 2.28 bits per heavy atom. The number of nitrogens with zero attached hydrogens (tertiary/aromatic N) is 3. The van der Waals surface area contributed by atoms with Crippen LogP contribution in [0.3, 0.4) is 0 Å². The number of hydrogen-bond donors (Lipinski definition) is 3. The van der Waals surface area contributed by atoms with Crippen LogP contribution in [0.2, 0.25) is 0 Å². The number of carbonyl (C=O) groups excluding carboxylic acids is 6. The highest BCUT2D eigenvalue weighted by Crippen LogP contribution is 2.44. The number of rotatable bonds is 17. The molecule has 332 valence electrons. The lowest BCUT2D eigenvalue weighted by Gasteiger charge is -2.29. The molecule has 5 amide bonds. The number of fused-ring (bicyclic) bond motifs is 1. The summed E-state index contributed by atoms with van der Waals surface area (Å²) < 4.78 is 9.42.